The zero-order valence-electron chi connectivity index (χ0n) is 12.9. The Hall–Kier alpha value is -3.07. The highest BCUT2D eigenvalue weighted by atomic mass is 35.5. The van der Waals surface area contributed by atoms with Crippen LogP contribution in [-0.2, 0) is 15.8 Å². The van der Waals surface area contributed by atoms with Crippen LogP contribution in [0.3, 0.4) is 0 Å². The summed E-state index contributed by atoms with van der Waals surface area (Å²) in [7, 11) is 0. The summed E-state index contributed by atoms with van der Waals surface area (Å²) in [6, 6.07) is 8.27. The Bertz CT molecular complexity index is 885. The monoisotopic (exact) mass is 385 g/mol. The van der Waals surface area contributed by atoms with Crippen molar-refractivity contribution in [3.05, 3.63) is 58.6 Å². The number of anilines is 2. The Morgan fingerprint density at radius 3 is 2.08 bits per heavy atom. The third-order valence-corrected chi connectivity index (χ3v) is 3.42. The van der Waals surface area contributed by atoms with Gasteiger partial charge in [0.05, 0.1) is 22.5 Å². The van der Waals surface area contributed by atoms with Crippen LogP contribution in [0.25, 0.3) is 0 Å². The Labute approximate surface area is 150 Å². The van der Waals surface area contributed by atoms with Crippen LogP contribution in [0.5, 0.6) is 0 Å². The van der Waals surface area contributed by atoms with Crippen LogP contribution < -0.4 is 16.4 Å². The molecule has 2 aromatic rings. The molecule has 0 aliphatic heterocycles. The summed E-state index contributed by atoms with van der Waals surface area (Å²) in [5, 5.41) is 3.80. The second kappa shape index (κ2) is 7.44. The Morgan fingerprint density at radius 2 is 1.50 bits per heavy atom. The number of hydrogen-bond donors (Lipinski definition) is 3. The van der Waals surface area contributed by atoms with Crippen LogP contribution >= 0.6 is 11.6 Å². The van der Waals surface area contributed by atoms with Crippen molar-refractivity contribution in [2.75, 3.05) is 10.6 Å². The van der Waals surface area contributed by atoms with E-state index >= 15 is 0 Å². The number of para-hydroxylation sites is 1. The Kier molecular flexibility index (Phi) is 5.51. The normalized spacial score (nSPS) is 10.9. The van der Waals surface area contributed by atoms with Crippen molar-refractivity contribution in [1.82, 2.24) is 0 Å². The zero-order chi connectivity index (χ0) is 19.5. The molecule has 0 radical (unpaired) electrons. The van der Waals surface area contributed by atoms with Gasteiger partial charge in [0.15, 0.2) is 0 Å². The average Bonchev–Trinajstić information content (AvgIpc) is 2.55. The molecule has 2 aromatic carbocycles. The SMILES string of the molecule is NC(=O)c1ccccc1NC(=O)C(=O)Nc1ccc(Cl)cc1C(F)(F)F. The van der Waals surface area contributed by atoms with Gasteiger partial charge in [-0.05, 0) is 30.3 Å². The Morgan fingerprint density at radius 1 is 0.923 bits per heavy atom. The fourth-order valence-electron chi connectivity index (χ4n) is 2.03. The van der Waals surface area contributed by atoms with Crippen molar-refractivity contribution in [3.63, 3.8) is 0 Å². The zero-order valence-corrected chi connectivity index (χ0v) is 13.6. The van der Waals surface area contributed by atoms with E-state index in [0.29, 0.717) is 6.07 Å². The molecule has 0 fully saturated rings. The molecule has 0 aliphatic rings. The Balaban J connectivity index is 2.21. The van der Waals surface area contributed by atoms with Gasteiger partial charge in [-0.3, -0.25) is 14.4 Å². The van der Waals surface area contributed by atoms with Gasteiger partial charge in [-0.2, -0.15) is 13.2 Å². The standard InChI is InChI=1S/C16H11ClF3N3O3/c17-8-5-6-12(10(7-8)16(18,19)20)23-15(26)14(25)22-11-4-2-1-3-9(11)13(21)24/h1-7H,(H2,21,24)(H,22,25)(H,23,26). The third-order valence-electron chi connectivity index (χ3n) is 3.18. The van der Waals surface area contributed by atoms with Gasteiger partial charge in [0.1, 0.15) is 0 Å². The lowest BCUT2D eigenvalue weighted by molar-refractivity contribution is -0.137. The molecule has 0 bridgehead atoms. The first-order chi connectivity index (χ1) is 12.1. The van der Waals surface area contributed by atoms with E-state index in [-0.39, 0.29) is 16.3 Å². The number of hydrogen-bond acceptors (Lipinski definition) is 3. The number of carbonyl (C=O) groups is 3. The molecule has 3 amide bonds. The van der Waals surface area contributed by atoms with Crippen LogP contribution in [0.2, 0.25) is 5.02 Å². The van der Waals surface area contributed by atoms with Crippen LogP contribution in [0.4, 0.5) is 24.5 Å². The topological polar surface area (TPSA) is 101 Å². The van der Waals surface area contributed by atoms with Gasteiger partial charge in [0, 0.05) is 5.02 Å². The first-order valence-electron chi connectivity index (χ1n) is 6.97. The minimum absolute atomic E-state index is 0.0488. The maximum absolute atomic E-state index is 13.0. The molecule has 26 heavy (non-hydrogen) atoms. The van der Waals surface area contributed by atoms with Crippen LogP contribution in [0.15, 0.2) is 42.5 Å². The van der Waals surface area contributed by atoms with E-state index < -0.39 is 35.1 Å². The molecule has 0 saturated heterocycles. The quantitative estimate of drug-likeness (QED) is 0.708. The van der Waals surface area contributed by atoms with E-state index in [9.17, 15) is 27.6 Å². The molecule has 0 saturated carbocycles. The molecule has 0 spiro atoms. The highest BCUT2D eigenvalue weighted by Crippen LogP contribution is 2.36. The first kappa shape index (κ1) is 19.3. The van der Waals surface area contributed by atoms with Gasteiger partial charge in [-0.1, -0.05) is 23.7 Å². The highest BCUT2D eigenvalue weighted by molar-refractivity contribution is 6.44. The number of alkyl halides is 3. The summed E-state index contributed by atoms with van der Waals surface area (Å²) in [5.74, 6) is -3.49. The molecule has 2 rings (SSSR count). The van der Waals surface area contributed by atoms with E-state index in [1.165, 1.54) is 24.3 Å². The lowest BCUT2D eigenvalue weighted by Gasteiger charge is -2.14. The largest absolute Gasteiger partial charge is 0.418 e. The fourth-order valence-corrected chi connectivity index (χ4v) is 2.20. The van der Waals surface area contributed by atoms with E-state index in [1.807, 2.05) is 5.32 Å². The van der Waals surface area contributed by atoms with E-state index in [4.69, 9.17) is 17.3 Å². The van der Waals surface area contributed by atoms with Gasteiger partial charge >= 0.3 is 18.0 Å². The molecule has 0 atom stereocenters. The lowest BCUT2D eigenvalue weighted by Crippen LogP contribution is -2.31. The minimum Gasteiger partial charge on any atom is -0.366 e. The summed E-state index contributed by atoms with van der Waals surface area (Å²) < 4.78 is 39.0. The fraction of sp³-hybridized carbons (Fsp3) is 0.0625. The second-order valence-corrected chi connectivity index (χ2v) is 5.44. The van der Waals surface area contributed by atoms with Crippen LogP contribution in [-0.4, -0.2) is 17.7 Å². The van der Waals surface area contributed by atoms with Crippen LogP contribution in [0, 0.1) is 0 Å². The predicted molar refractivity (Wildman–Crippen MR) is 88.7 cm³/mol. The number of amides is 3. The number of primary amides is 1. The summed E-state index contributed by atoms with van der Waals surface area (Å²) in [6.07, 6.45) is -4.79. The molecule has 4 N–H and O–H groups in total. The molecular formula is C16H11ClF3N3O3. The molecule has 0 unspecified atom stereocenters. The number of nitrogens with one attached hydrogen (secondary N) is 2. The number of rotatable bonds is 3. The average molecular weight is 386 g/mol. The van der Waals surface area contributed by atoms with Crippen molar-refractivity contribution in [2.45, 2.75) is 6.18 Å². The van der Waals surface area contributed by atoms with Gasteiger partial charge in [0.2, 0.25) is 0 Å². The van der Waals surface area contributed by atoms with Crippen molar-refractivity contribution in [2.24, 2.45) is 5.73 Å². The molecule has 136 valence electrons. The molecule has 0 aliphatic carbocycles. The van der Waals surface area contributed by atoms with Crippen LogP contribution in [0.1, 0.15) is 15.9 Å². The van der Waals surface area contributed by atoms with E-state index in [1.54, 1.807) is 0 Å². The first-order valence-corrected chi connectivity index (χ1v) is 7.35. The van der Waals surface area contributed by atoms with Crippen molar-refractivity contribution in [3.8, 4) is 0 Å². The molecule has 0 heterocycles. The van der Waals surface area contributed by atoms with Gasteiger partial charge < -0.3 is 16.4 Å². The smallest absolute Gasteiger partial charge is 0.366 e. The molecule has 0 aromatic heterocycles. The lowest BCUT2D eigenvalue weighted by atomic mass is 10.1. The maximum atomic E-state index is 13.0. The van der Waals surface area contributed by atoms with Crippen molar-refractivity contribution in [1.29, 1.82) is 0 Å². The highest BCUT2D eigenvalue weighted by Gasteiger charge is 2.34. The molecular weight excluding hydrogens is 375 g/mol. The number of benzene rings is 2. The van der Waals surface area contributed by atoms with Gasteiger partial charge in [-0.25, -0.2) is 0 Å². The summed E-state index contributed by atoms with van der Waals surface area (Å²) in [4.78, 5) is 35.1. The summed E-state index contributed by atoms with van der Waals surface area (Å²) in [6.45, 7) is 0. The second-order valence-electron chi connectivity index (χ2n) is 5.01. The number of halogens is 4. The minimum atomic E-state index is -4.79. The van der Waals surface area contributed by atoms with Gasteiger partial charge in [0.25, 0.3) is 5.91 Å². The summed E-state index contributed by atoms with van der Waals surface area (Å²) in [5.41, 5.74) is 3.20. The van der Waals surface area contributed by atoms with E-state index in [0.717, 1.165) is 12.1 Å². The molecule has 10 heteroatoms. The molecule has 6 nitrogen and oxygen atoms in total. The number of nitrogens with two attached hydrogens (primary N) is 1. The van der Waals surface area contributed by atoms with Crippen molar-refractivity contribution < 1.29 is 27.6 Å². The van der Waals surface area contributed by atoms with E-state index in [2.05, 4.69) is 5.32 Å². The van der Waals surface area contributed by atoms with Gasteiger partial charge in [-0.15, -0.1) is 0 Å². The predicted octanol–water partition coefficient (Wildman–Crippen LogP) is 3.03. The number of carbonyl (C=O) groups excluding carboxylic acids is 3. The maximum Gasteiger partial charge on any atom is 0.418 e. The third kappa shape index (κ3) is 4.51. The van der Waals surface area contributed by atoms with Crippen molar-refractivity contribution >= 4 is 40.7 Å². The summed E-state index contributed by atoms with van der Waals surface area (Å²) >= 11 is 5.54.